The fraction of sp³-hybridized carbons (Fsp3) is 0.0588. The third kappa shape index (κ3) is 3.65. The van der Waals surface area contributed by atoms with Crippen LogP contribution in [0.2, 0.25) is 0 Å². The summed E-state index contributed by atoms with van der Waals surface area (Å²) in [5.41, 5.74) is 1.29. The fourth-order valence-electron chi connectivity index (χ4n) is 1.88. The van der Waals surface area contributed by atoms with E-state index >= 15 is 0 Å². The normalized spacial score (nSPS) is 11.7. The largest absolute Gasteiger partial charge is 0.545 e. The average molecular weight is 326 g/mol. The highest BCUT2D eigenvalue weighted by molar-refractivity contribution is 7.95. The van der Waals surface area contributed by atoms with E-state index in [-0.39, 0.29) is 10.5 Å². The van der Waals surface area contributed by atoms with Gasteiger partial charge in [0.15, 0.2) is 0 Å². The van der Waals surface area contributed by atoms with Crippen LogP contribution in [0.3, 0.4) is 0 Å². The molecule has 0 saturated heterocycles. The second kappa shape index (κ2) is 6.46. The van der Waals surface area contributed by atoms with Crippen molar-refractivity contribution in [3.05, 3.63) is 70.1 Å². The average Bonchev–Trinajstić information content (AvgIpc) is 2.53. The minimum Gasteiger partial charge on any atom is -0.545 e. The summed E-state index contributed by atoms with van der Waals surface area (Å²) in [7, 11) is -3.92. The van der Waals surface area contributed by atoms with Crippen molar-refractivity contribution in [1.82, 2.24) is 0 Å². The van der Waals surface area contributed by atoms with E-state index in [0.717, 1.165) is 5.56 Å². The second-order valence-electron chi connectivity index (χ2n) is 4.85. The number of hydrogen-bond acceptors (Lipinski definition) is 5. The van der Waals surface area contributed by atoms with Crippen LogP contribution >= 0.6 is 0 Å². The van der Waals surface area contributed by atoms with Crippen molar-refractivity contribution in [1.29, 1.82) is 5.26 Å². The quantitative estimate of drug-likeness (QED) is 0.796. The smallest absolute Gasteiger partial charge is 0.216 e. The molecule has 0 aliphatic heterocycles. The number of hydrogen-bond donors (Lipinski definition) is 0. The molecule has 116 valence electrons. The summed E-state index contributed by atoms with van der Waals surface area (Å²) >= 11 is 0. The van der Waals surface area contributed by atoms with Crippen molar-refractivity contribution in [3.63, 3.8) is 0 Å². The molecule has 6 heteroatoms. The highest BCUT2D eigenvalue weighted by Crippen LogP contribution is 2.21. The molecule has 0 aliphatic carbocycles. The first kappa shape index (κ1) is 16.5. The number of allylic oxidation sites excluding steroid dienone is 1. The number of carboxylic acid groups (broad SMARTS) is 1. The molecule has 2 aromatic carbocycles. The monoisotopic (exact) mass is 326 g/mol. The molecule has 0 unspecified atom stereocenters. The number of nitriles is 1. The maximum Gasteiger partial charge on any atom is 0.216 e. The van der Waals surface area contributed by atoms with Crippen LogP contribution in [0.15, 0.2) is 58.3 Å². The fourth-order valence-corrected chi connectivity index (χ4v) is 3.04. The van der Waals surface area contributed by atoms with Crippen LogP contribution in [-0.2, 0) is 9.84 Å². The summed E-state index contributed by atoms with van der Waals surface area (Å²) in [5.74, 6) is -1.33. The van der Waals surface area contributed by atoms with Gasteiger partial charge in [-0.1, -0.05) is 42.0 Å². The second-order valence-corrected chi connectivity index (χ2v) is 6.76. The van der Waals surface area contributed by atoms with Crippen LogP contribution in [-0.4, -0.2) is 14.4 Å². The number of sulfone groups is 1. The van der Waals surface area contributed by atoms with E-state index in [9.17, 15) is 23.6 Å². The molecular weight excluding hydrogens is 314 g/mol. The molecule has 0 bridgehead atoms. The Hall–Kier alpha value is -2.91. The van der Waals surface area contributed by atoms with Gasteiger partial charge in [-0.05, 0) is 36.3 Å². The molecule has 5 nitrogen and oxygen atoms in total. The molecule has 23 heavy (non-hydrogen) atoms. The van der Waals surface area contributed by atoms with Gasteiger partial charge in [0.05, 0.1) is 10.9 Å². The Morgan fingerprint density at radius 1 is 1.09 bits per heavy atom. The number of carboxylic acids is 1. The van der Waals surface area contributed by atoms with E-state index in [4.69, 9.17) is 0 Å². The maximum atomic E-state index is 12.5. The summed E-state index contributed by atoms with van der Waals surface area (Å²) in [4.78, 5) is 10.3. The Morgan fingerprint density at radius 2 is 1.65 bits per heavy atom. The molecule has 0 saturated carbocycles. The van der Waals surface area contributed by atoms with Gasteiger partial charge in [-0.3, -0.25) is 0 Å². The number of nitrogens with zero attached hydrogens (tertiary/aromatic N) is 1. The van der Waals surface area contributed by atoms with Gasteiger partial charge < -0.3 is 9.90 Å². The van der Waals surface area contributed by atoms with Crippen molar-refractivity contribution in [3.8, 4) is 6.07 Å². The van der Waals surface area contributed by atoms with Crippen molar-refractivity contribution >= 4 is 21.9 Å². The highest BCUT2D eigenvalue weighted by atomic mass is 32.2. The Balaban J connectivity index is 2.44. The molecule has 0 atom stereocenters. The van der Waals surface area contributed by atoms with Crippen LogP contribution in [0.25, 0.3) is 6.08 Å². The van der Waals surface area contributed by atoms with E-state index in [2.05, 4.69) is 0 Å². The van der Waals surface area contributed by atoms with Crippen LogP contribution in [0.5, 0.6) is 0 Å². The first-order valence-electron chi connectivity index (χ1n) is 6.59. The molecule has 2 aromatic rings. The Kier molecular flexibility index (Phi) is 4.63. The van der Waals surface area contributed by atoms with Gasteiger partial charge in [-0.15, -0.1) is 0 Å². The molecule has 2 rings (SSSR count). The predicted molar refractivity (Wildman–Crippen MR) is 82.7 cm³/mol. The number of benzene rings is 2. The van der Waals surface area contributed by atoms with Gasteiger partial charge in [0, 0.05) is 0 Å². The summed E-state index contributed by atoms with van der Waals surface area (Å²) in [5, 5.41) is 19.9. The first-order valence-corrected chi connectivity index (χ1v) is 8.08. The van der Waals surface area contributed by atoms with Crippen LogP contribution < -0.4 is 5.11 Å². The molecule has 0 aliphatic rings. The highest BCUT2D eigenvalue weighted by Gasteiger charge is 2.20. The lowest BCUT2D eigenvalue weighted by Gasteiger charge is -2.05. The lowest BCUT2D eigenvalue weighted by Crippen LogP contribution is -2.21. The number of rotatable bonds is 4. The van der Waals surface area contributed by atoms with E-state index in [1.54, 1.807) is 18.2 Å². The summed E-state index contributed by atoms with van der Waals surface area (Å²) in [6.45, 7) is 1.83. The van der Waals surface area contributed by atoms with E-state index in [0.29, 0.717) is 5.56 Å². The van der Waals surface area contributed by atoms with Crippen molar-refractivity contribution in [2.75, 3.05) is 0 Å². The Labute approximate surface area is 134 Å². The summed E-state index contributed by atoms with van der Waals surface area (Å²) < 4.78 is 24.9. The van der Waals surface area contributed by atoms with Crippen molar-refractivity contribution in [2.45, 2.75) is 11.8 Å². The van der Waals surface area contributed by atoms with E-state index < -0.39 is 20.7 Å². The number of carbonyl (C=O) groups excluding carboxylic acids is 1. The topological polar surface area (TPSA) is 98.1 Å². The van der Waals surface area contributed by atoms with Gasteiger partial charge in [-0.2, -0.15) is 5.26 Å². The number of aryl methyl sites for hydroxylation is 1. The molecule has 0 radical (unpaired) electrons. The maximum absolute atomic E-state index is 12.5. The molecule has 0 fully saturated rings. The van der Waals surface area contributed by atoms with Gasteiger partial charge in [0.2, 0.25) is 9.84 Å². The molecule has 0 amide bonds. The third-order valence-electron chi connectivity index (χ3n) is 3.18. The standard InChI is InChI=1S/C17H13NO4S/c1-12-2-8-15(9-3-12)23(21,22)16(11-18)10-13-4-6-14(7-5-13)17(19)20/h2-10H,1H3,(H,19,20)/p-1/b16-10+. The molecule has 0 N–H and O–H groups in total. The minimum atomic E-state index is -3.92. The first-order chi connectivity index (χ1) is 10.8. The predicted octanol–water partition coefficient (Wildman–Crippen LogP) is 1.70. The third-order valence-corrected chi connectivity index (χ3v) is 4.86. The van der Waals surface area contributed by atoms with Gasteiger partial charge in [0.1, 0.15) is 11.0 Å². The summed E-state index contributed by atoms with van der Waals surface area (Å²) in [6.07, 6.45) is 1.20. The van der Waals surface area contributed by atoms with Gasteiger partial charge in [-0.25, -0.2) is 8.42 Å². The van der Waals surface area contributed by atoms with Crippen LogP contribution in [0, 0.1) is 18.3 Å². The van der Waals surface area contributed by atoms with Crippen LogP contribution in [0.4, 0.5) is 0 Å². The molecular formula is C17H12NO4S-. The van der Waals surface area contributed by atoms with Crippen molar-refractivity contribution in [2.24, 2.45) is 0 Å². The van der Waals surface area contributed by atoms with Gasteiger partial charge in [0.25, 0.3) is 0 Å². The Bertz CT molecular complexity index is 903. The Morgan fingerprint density at radius 3 is 2.13 bits per heavy atom. The lowest BCUT2D eigenvalue weighted by atomic mass is 10.1. The zero-order valence-electron chi connectivity index (χ0n) is 12.2. The SMILES string of the molecule is Cc1ccc(S(=O)(=O)/C(C#N)=C/c2ccc(C(=O)[O-])cc2)cc1. The zero-order valence-corrected chi connectivity index (χ0v) is 13.0. The molecule has 0 aromatic heterocycles. The summed E-state index contributed by atoms with van der Waals surface area (Å²) in [6, 6.07) is 13.3. The zero-order chi connectivity index (χ0) is 17.0. The van der Waals surface area contributed by atoms with E-state index in [1.165, 1.54) is 42.5 Å². The van der Waals surface area contributed by atoms with Crippen molar-refractivity contribution < 1.29 is 18.3 Å². The number of aromatic carboxylic acids is 1. The van der Waals surface area contributed by atoms with Crippen LogP contribution in [0.1, 0.15) is 21.5 Å². The lowest BCUT2D eigenvalue weighted by molar-refractivity contribution is -0.255. The van der Waals surface area contributed by atoms with Gasteiger partial charge >= 0.3 is 0 Å². The van der Waals surface area contributed by atoms with E-state index in [1.807, 2.05) is 6.92 Å². The minimum absolute atomic E-state index is 0.0259. The molecule has 0 spiro atoms. The molecule has 0 heterocycles. The number of carbonyl (C=O) groups is 1.